The molecule has 0 aliphatic heterocycles. The van der Waals surface area contributed by atoms with E-state index in [9.17, 15) is 14.0 Å². The van der Waals surface area contributed by atoms with E-state index in [1.54, 1.807) is 20.8 Å². The number of carboxylic acid groups (broad SMARTS) is 1. The summed E-state index contributed by atoms with van der Waals surface area (Å²) >= 11 is 4.26. The second-order valence-electron chi connectivity index (χ2n) is 4.31. The van der Waals surface area contributed by atoms with Crippen molar-refractivity contribution in [1.82, 2.24) is 0 Å². The van der Waals surface area contributed by atoms with Gasteiger partial charge in [-0.05, 0) is 48.8 Å². The van der Waals surface area contributed by atoms with E-state index in [1.165, 1.54) is 6.07 Å². The SMILES string of the molecule is CC(C)OC(=O)C(C)Sc1cc(C(=O)O)c(F)cc1Br. The van der Waals surface area contributed by atoms with Crippen LogP contribution in [0.25, 0.3) is 0 Å². The number of carbonyl (C=O) groups excluding carboxylic acids is 1. The van der Waals surface area contributed by atoms with E-state index >= 15 is 0 Å². The number of hydrogen-bond donors (Lipinski definition) is 1. The summed E-state index contributed by atoms with van der Waals surface area (Å²) in [5.41, 5.74) is -0.430. The van der Waals surface area contributed by atoms with Gasteiger partial charge < -0.3 is 9.84 Å². The fourth-order valence-corrected chi connectivity index (χ4v) is 2.84. The zero-order chi connectivity index (χ0) is 15.4. The molecule has 4 nitrogen and oxygen atoms in total. The summed E-state index contributed by atoms with van der Waals surface area (Å²) in [5, 5.41) is 8.36. The van der Waals surface area contributed by atoms with Crippen molar-refractivity contribution in [2.45, 2.75) is 37.0 Å². The molecule has 1 atom stereocenters. The van der Waals surface area contributed by atoms with E-state index in [4.69, 9.17) is 9.84 Å². The fourth-order valence-electron chi connectivity index (χ4n) is 1.35. The Bertz CT molecular complexity index is 533. The summed E-state index contributed by atoms with van der Waals surface area (Å²) < 4.78 is 18.9. The molecule has 1 rings (SSSR count). The highest BCUT2D eigenvalue weighted by Crippen LogP contribution is 2.33. The second kappa shape index (κ2) is 7.08. The average molecular weight is 365 g/mol. The monoisotopic (exact) mass is 364 g/mol. The molecule has 110 valence electrons. The number of benzene rings is 1. The maximum absolute atomic E-state index is 13.4. The molecule has 0 radical (unpaired) electrons. The highest BCUT2D eigenvalue weighted by molar-refractivity contribution is 9.10. The lowest BCUT2D eigenvalue weighted by Crippen LogP contribution is -2.20. The van der Waals surface area contributed by atoms with E-state index in [1.807, 2.05) is 0 Å². The molecule has 0 amide bonds. The van der Waals surface area contributed by atoms with Crippen LogP contribution in [0.1, 0.15) is 31.1 Å². The summed E-state index contributed by atoms with van der Waals surface area (Å²) in [4.78, 5) is 23.1. The van der Waals surface area contributed by atoms with Crippen LogP contribution in [-0.4, -0.2) is 28.4 Å². The first-order chi connectivity index (χ1) is 9.22. The Balaban J connectivity index is 2.95. The number of thioether (sulfide) groups is 1. The highest BCUT2D eigenvalue weighted by Gasteiger charge is 2.21. The second-order valence-corrected chi connectivity index (χ2v) is 6.55. The molecule has 0 bridgehead atoms. The standard InChI is InChI=1S/C13H14BrFO4S/c1-6(2)19-13(18)7(3)20-11-4-8(12(16)17)10(15)5-9(11)14/h4-7H,1-3H3,(H,16,17). The number of aromatic carboxylic acids is 1. The van der Waals surface area contributed by atoms with Gasteiger partial charge in [0, 0.05) is 9.37 Å². The van der Waals surface area contributed by atoms with Gasteiger partial charge in [-0.3, -0.25) is 4.79 Å². The van der Waals surface area contributed by atoms with Crippen molar-refractivity contribution in [3.63, 3.8) is 0 Å². The predicted molar refractivity (Wildman–Crippen MR) is 77.6 cm³/mol. The van der Waals surface area contributed by atoms with E-state index in [-0.39, 0.29) is 6.10 Å². The molecule has 1 aromatic rings. The lowest BCUT2D eigenvalue weighted by atomic mass is 10.2. The van der Waals surface area contributed by atoms with Crippen molar-refractivity contribution in [2.24, 2.45) is 0 Å². The first kappa shape index (κ1) is 17.0. The molecule has 0 aromatic heterocycles. The topological polar surface area (TPSA) is 63.6 Å². The largest absolute Gasteiger partial charge is 0.478 e. The average Bonchev–Trinajstić information content (AvgIpc) is 2.30. The van der Waals surface area contributed by atoms with E-state index in [2.05, 4.69) is 15.9 Å². The van der Waals surface area contributed by atoms with Gasteiger partial charge in [0.2, 0.25) is 0 Å². The van der Waals surface area contributed by atoms with Crippen LogP contribution < -0.4 is 0 Å². The van der Waals surface area contributed by atoms with Gasteiger partial charge in [0.05, 0.1) is 11.7 Å². The molecule has 0 saturated heterocycles. The van der Waals surface area contributed by atoms with Crippen molar-refractivity contribution < 1.29 is 23.8 Å². The number of ether oxygens (including phenoxy) is 1. The van der Waals surface area contributed by atoms with Crippen LogP contribution in [0.4, 0.5) is 4.39 Å². The molecule has 0 aliphatic rings. The Morgan fingerprint density at radius 1 is 1.35 bits per heavy atom. The summed E-state index contributed by atoms with van der Waals surface area (Å²) in [6.45, 7) is 5.13. The number of carboxylic acids is 1. The lowest BCUT2D eigenvalue weighted by molar-refractivity contribution is -0.146. The van der Waals surface area contributed by atoms with Crippen LogP contribution in [0.5, 0.6) is 0 Å². The van der Waals surface area contributed by atoms with E-state index in [0.29, 0.717) is 9.37 Å². The van der Waals surface area contributed by atoms with Crippen LogP contribution in [0, 0.1) is 5.82 Å². The quantitative estimate of drug-likeness (QED) is 0.637. The summed E-state index contributed by atoms with van der Waals surface area (Å²) in [6.07, 6.45) is -0.225. The molecule has 7 heteroatoms. The number of carbonyl (C=O) groups is 2. The molecule has 0 spiro atoms. The third-order valence-corrected chi connectivity index (χ3v) is 4.30. The van der Waals surface area contributed by atoms with Gasteiger partial charge in [0.25, 0.3) is 0 Å². The molecular weight excluding hydrogens is 351 g/mol. The Labute approximate surface area is 128 Å². The van der Waals surface area contributed by atoms with E-state index < -0.39 is 28.6 Å². The Morgan fingerprint density at radius 2 is 1.95 bits per heavy atom. The van der Waals surface area contributed by atoms with Crippen molar-refractivity contribution in [2.75, 3.05) is 0 Å². The molecule has 1 unspecified atom stereocenters. The van der Waals surface area contributed by atoms with E-state index in [0.717, 1.165) is 17.8 Å². The number of esters is 1. The first-order valence-electron chi connectivity index (χ1n) is 5.81. The van der Waals surface area contributed by atoms with Crippen LogP contribution >= 0.6 is 27.7 Å². The summed E-state index contributed by atoms with van der Waals surface area (Å²) in [6, 6.07) is 2.28. The first-order valence-corrected chi connectivity index (χ1v) is 7.49. The maximum Gasteiger partial charge on any atom is 0.338 e. The van der Waals surface area contributed by atoms with Crippen LogP contribution in [0.2, 0.25) is 0 Å². The van der Waals surface area contributed by atoms with Crippen LogP contribution in [0.15, 0.2) is 21.5 Å². The van der Waals surface area contributed by atoms with Crippen molar-refractivity contribution in [3.8, 4) is 0 Å². The molecule has 0 aliphatic carbocycles. The Hall–Kier alpha value is -1.08. The Kier molecular flexibility index (Phi) is 6.01. The molecule has 20 heavy (non-hydrogen) atoms. The lowest BCUT2D eigenvalue weighted by Gasteiger charge is -2.14. The normalized spacial score (nSPS) is 12.3. The maximum atomic E-state index is 13.4. The minimum Gasteiger partial charge on any atom is -0.478 e. The molecule has 1 aromatic carbocycles. The van der Waals surface area contributed by atoms with Crippen molar-refractivity contribution >= 4 is 39.6 Å². The number of halogens is 2. The van der Waals surface area contributed by atoms with Gasteiger partial charge in [0.1, 0.15) is 11.1 Å². The fraction of sp³-hybridized carbons (Fsp3) is 0.385. The van der Waals surface area contributed by atoms with Gasteiger partial charge in [-0.2, -0.15) is 0 Å². The van der Waals surface area contributed by atoms with Crippen molar-refractivity contribution in [3.05, 3.63) is 28.0 Å². The summed E-state index contributed by atoms with van der Waals surface area (Å²) in [7, 11) is 0. The van der Waals surface area contributed by atoms with Crippen molar-refractivity contribution in [1.29, 1.82) is 0 Å². The predicted octanol–water partition coefficient (Wildman–Crippen LogP) is 3.72. The van der Waals surface area contributed by atoms with Gasteiger partial charge in [-0.25, -0.2) is 9.18 Å². The number of rotatable bonds is 5. The smallest absolute Gasteiger partial charge is 0.338 e. The van der Waals surface area contributed by atoms with Gasteiger partial charge in [0.15, 0.2) is 0 Å². The third kappa shape index (κ3) is 4.49. The Morgan fingerprint density at radius 3 is 2.45 bits per heavy atom. The van der Waals surface area contributed by atoms with Crippen LogP contribution in [-0.2, 0) is 9.53 Å². The molecule has 1 N–H and O–H groups in total. The summed E-state index contributed by atoms with van der Waals surface area (Å²) in [5.74, 6) is -2.58. The highest BCUT2D eigenvalue weighted by atomic mass is 79.9. The molecular formula is C13H14BrFO4S. The zero-order valence-electron chi connectivity index (χ0n) is 11.1. The van der Waals surface area contributed by atoms with Gasteiger partial charge in [-0.15, -0.1) is 11.8 Å². The van der Waals surface area contributed by atoms with Gasteiger partial charge in [-0.1, -0.05) is 0 Å². The molecule has 0 heterocycles. The molecule has 0 fully saturated rings. The molecule has 0 saturated carbocycles. The third-order valence-electron chi connectivity index (χ3n) is 2.24. The van der Waals surface area contributed by atoms with Crippen LogP contribution in [0.3, 0.4) is 0 Å². The number of hydrogen-bond acceptors (Lipinski definition) is 4. The minimum atomic E-state index is -1.35. The van der Waals surface area contributed by atoms with Gasteiger partial charge >= 0.3 is 11.9 Å². The minimum absolute atomic E-state index is 0.225. The zero-order valence-corrected chi connectivity index (χ0v) is 13.5.